The third-order valence-electron chi connectivity index (χ3n) is 5.36. The van der Waals surface area contributed by atoms with Gasteiger partial charge in [0, 0.05) is 42.9 Å². The van der Waals surface area contributed by atoms with Crippen LogP contribution in [0.25, 0.3) is 0 Å². The number of carbonyl (C=O) groups excluding carboxylic acids is 2. The van der Waals surface area contributed by atoms with Crippen LogP contribution in [0.15, 0.2) is 73.1 Å². The second-order valence-corrected chi connectivity index (χ2v) is 7.27. The lowest BCUT2D eigenvalue weighted by Crippen LogP contribution is -2.41. The number of rotatable bonds is 6. The summed E-state index contributed by atoms with van der Waals surface area (Å²) in [5, 5.41) is 5.39. The Kier molecular flexibility index (Phi) is 6.12. The zero-order chi connectivity index (χ0) is 21.6. The molecule has 31 heavy (non-hydrogen) atoms. The average Bonchev–Trinajstić information content (AvgIpc) is 3.24. The smallest absolute Gasteiger partial charge is 0.313 e. The van der Waals surface area contributed by atoms with Gasteiger partial charge in [0.2, 0.25) is 0 Å². The summed E-state index contributed by atoms with van der Waals surface area (Å²) in [7, 11) is 1.54. The molecule has 158 valence electrons. The zero-order valence-corrected chi connectivity index (χ0v) is 17.2. The van der Waals surface area contributed by atoms with E-state index in [2.05, 4.69) is 32.7 Å². The highest BCUT2D eigenvalue weighted by Crippen LogP contribution is 2.34. The van der Waals surface area contributed by atoms with E-state index in [1.165, 1.54) is 5.56 Å². The third-order valence-corrected chi connectivity index (χ3v) is 5.36. The van der Waals surface area contributed by atoms with Gasteiger partial charge in [-0.2, -0.15) is 0 Å². The van der Waals surface area contributed by atoms with Crippen molar-refractivity contribution >= 4 is 23.2 Å². The number of pyridine rings is 1. The van der Waals surface area contributed by atoms with Crippen LogP contribution >= 0.6 is 0 Å². The number of hydrogen-bond donors (Lipinski definition) is 2. The van der Waals surface area contributed by atoms with Gasteiger partial charge in [-0.3, -0.25) is 14.6 Å². The average molecular weight is 416 g/mol. The molecule has 2 heterocycles. The zero-order valence-electron chi connectivity index (χ0n) is 17.2. The molecular weight excluding hydrogens is 392 g/mol. The molecule has 0 bridgehead atoms. The highest BCUT2D eigenvalue weighted by molar-refractivity contribution is 6.39. The molecule has 1 atom stereocenters. The van der Waals surface area contributed by atoms with E-state index in [1.807, 2.05) is 24.3 Å². The van der Waals surface area contributed by atoms with Crippen LogP contribution in [-0.2, 0) is 16.0 Å². The summed E-state index contributed by atoms with van der Waals surface area (Å²) in [4.78, 5) is 31.4. The largest absolute Gasteiger partial charge is 0.497 e. The van der Waals surface area contributed by atoms with Gasteiger partial charge in [-0.1, -0.05) is 30.3 Å². The van der Waals surface area contributed by atoms with Gasteiger partial charge in [-0.25, -0.2) is 0 Å². The minimum atomic E-state index is -0.722. The first kappa shape index (κ1) is 20.4. The molecule has 1 unspecified atom stereocenters. The predicted molar refractivity (Wildman–Crippen MR) is 119 cm³/mol. The number of fused-ring (bicyclic) bond motifs is 1. The SMILES string of the molecule is COc1cccc(NC(=O)C(=O)NCC(c2cccnc2)N2CCc3ccccc32)c1. The van der Waals surface area contributed by atoms with E-state index >= 15 is 0 Å². The number of aromatic nitrogens is 1. The molecule has 0 fully saturated rings. The minimum Gasteiger partial charge on any atom is -0.497 e. The normalized spacial score (nSPS) is 13.3. The van der Waals surface area contributed by atoms with Gasteiger partial charge < -0.3 is 20.3 Å². The van der Waals surface area contributed by atoms with Crippen molar-refractivity contribution in [1.82, 2.24) is 10.3 Å². The Morgan fingerprint density at radius 3 is 2.77 bits per heavy atom. The Balaban J connectivity index is 1.46. The Labute approximate surface area is 181 Å². The number of nitrogens with one attached hydrogen (secondary N) is 2. The van der Waals surface area contributed by atoms with Gasteiger partial charge in [0.1, 0.15) is 5.75 Å². The van der Waals surface area contributed by atoms with Crippen LogP contribution in [-0.4, -0.2) is 37.0 Å². The highest BCUT2D eigenvalue weighted by Gasteiger charge is 2.28. The van der Waals surface area contributed by atoms with Gasteiger partial charge in [-0.15, -0.1) is 0 Å². The molecule has 0 radical (unpaired) electrons. The van der Waals surface area contributed by atoms with Crippen LogP contribution in [0.4, 0.5) is 11.4 Å². The number of benzene rings is 2. The molecule has 1 aliphatic rings. The lowest BCUT2D eigenvalue weighted by atomic mass is 10.1. The molecule has 2 N–H and O–H groups in total. The summed E-state index contributed by atoms with van der Waals surface area (Å²) in [6.07, 6.45) is 4.46. The second-order valence-electron chi connectivity index (χ2n) is 7.27. The molecule has 7 nitrogen and oxygen atoms in total. The van der Waals surface area contributed by atoms with Gasteiger partial charge in [0.25, 0.3) is 0 Å². The van der Waals surface area contributed by atoms with E-state index < -0.39 is 11.8 Å². The number of ether oxygens (including phenoxy) is 1. The van der Waals surface area contributed by atoms with Crippen LogP contribution in [0.5, 0.6) is 5.75 Å². The maximum atomic E-state index is 12.5. The lowest BCUT2D eigenvalue weighted by molar-refractivity contribution is -0.136. The molecule has 0 aliphatic carbocycles. The van der Waals surface area contributed by atoms with Crippen LogP contribution < -0.4 is 20.3 Å². The number of methoxy groups -OCH3 is 1. The second kappa shape index (κ2) is 9.30. The number of carbonyl (C=O) groups is 2. The Bertz CT molecular complexity index is 1070. The first-order valence-corrected chi connectivity index (χ1v) is 10.1. The van der Waals surface area contributed by atoms with E-state index in [-0.39, 0.29) is 12.6 Å². The topological polar surface area (TPSA) is 83.6 Å². The molecule has 1 aliphatic heterocycles. The van der Waals surface area contributed by atoms with Crippen molar-refractivity contribution in [3.63, 3.8) is 0 Å². The van der Waals surface area contributed by atoms with Gasteiger partial charge in [0.15, 0.2) is 0 Å². The fraction of sp³-hybridized carbons (Fsp3) is 0.208. The Morgan fingerprint density at radius 1 is 1.10 bits per heavy atom. The molecular formula is C24H24N4O3. The molecule has 1 aromatic heterocycles. The van der Waals surface area contributed by atoms with Crippen molar-refractivity contribution in [2.75, 3.05) is 30.4 Å². The Morgan fingerprint density at radius 2 is 1.97 bits per heavy atom. The molecule has 0 saturated carbocycles. The maximum Gasteiger partial charge on any atom is 0.313 e. The molecule has 0 saturated heterocycles. The van der Waals surface area contributed by atoms with E-state index in [9.17, 15) is 9.59 Å². The first-order chi connectivity index (χ1) is 15.2. The van der Waals surface area contributed by atoms with Crippen LogP contribution in [0.1, 0.15) is 17.2 Å². The third kappa shape index (κ3) is 4.66. The summed E-state index contributed by atoms with van der Waals surface area (Å²) in [6.45, 7) is 1.12. The summed E-state index contributed by atoms with van der Waals surface area (Å²) in [5.74, 6) is -0.813. The van der Waals surface area contributed by atoms with E-state index in [0.717, 1.165) is 24.2 Å². The Hall–Kier alpha value is -3.87. The van der Waals surface area contributed by atoms with Crippen molar-refractivity contribution < 1.29 is 14.3 Å². The summed E-state index contributed by atoms with van der Waals surface area (Å²) < 4.78 is 5.15. The van der Waals surface area contributed by atoms with Crippen molar-refractivity contribution in [3.05, 3.63) is 84.2 Å². The van der Waals surface area contributed by atoms with Crippen molar-refractivity contribution in [1.29, 1.82) is 0 Å². The van der Waals surface area contributed by atoms with E-state index in [0.29, 0.717) is 11.4 Å². The van der Waals surface area contributed by atoms with E-state index in [1.54, 1.807) is 43.8 Å². The predicted octanol–water partition coefficient (Wildman–Crippen LogP) is 2.95. The molecule has 2 aromatic carbocycles. The number of anilines is 2. The summed E-state index contributed by atoms with van der Waals surface area (Å²) in [6, 6.07) is 18.9. The van der Waals surface area contributed by atoms with Gasteiger partial charge in [-0.05, 0) is 41.8 Å². The first-order valence-electron chi connectivity index (χ1n) is 10.1. The lowest BCUT2D eigenvalue weighted by Gasteiger charge is -2.30. The van der Waals surface area contributed by atoms with Crippen molar-refractivity contribution in [2.45, 2.75) is 12.5 Å². The van der Waals surface area contributed by atoms with Crippen LogP contribution in [0.3, 0.4) is 0 Å². The molecule has 7 heteroatoms. The van der Waals surface area contributed by atoms with Gasteiger partial charge >= 0.3 is 11.8 Å². The fourth-order valence-electron chi connectivity index (χ4n) is 3.83. The number of para-hydroxylation sites is 1. The molecule has 3 aromatic rings. The van der Waals surface area contributed by atoms with Crippen LogP contribution in [0, 0.1) is 0 Å². The summed E-state index contributed by atoms with van der Waals surface area (Å²) >= 11 is 0. The van der Waals surface area contributed by atoms with Crippen molar-refractivity contribution in [2.24, 2.45) is 0 Å². The monoisotopic (exact) mass is 416 g/mol. The number of nitrogens with zero attached hydrogens (tertiary/aromatic N) is 2. The van der Waals surface area contributed by atoms with Gasteiger partial charge in [0.05, 0.1) is 13.2 Å². The summed E-state index contributed by atoms with van der Waals surface area (Å²) in [5.41, 5.74) is 3.90. The van der Waals surface area contributed by atoms with E-state index in [4.69, 9.17) is 4.74 Å². The fourth-order valence-corrected chi connectivity index (χ4v) is 3.83. The maximum absolute atomic E-state index is 12.5. The quantitative estimate of drug-likeness (QED) is 0.604. The van der Waals surface area contributed by atoms with Crippen LogP contribution in [0.2, 0.25) is 0 Å². The number of hydrogen-bond acceptors (Lipinski definition) is 5. The highest BCUT2D eigenvalue weighted by atomic mass is 16.5. The number of amides is 2. The minimum absolute atomic E-state index is 0.133. The molecule has 4 rings (SSSR count). The molecule has 2 amide bonds. The standard InChI is InChI=1S/C24H24N4O3/c1-31-20-9-4-8-19(14-20)27-24(30)23(29)26-16-22(18-7-5-12-25-15-18)28-13-11-17-6-2-3-10-21(17)28/h2-10,12,14-15,22H,11,13,16H2,1H3,(H,26,29)(H,27,30). The molecule has 0 spiro atoms. The van der Waals surface area contributed by atoms with Crippen molar-refractivity contribution in [3.8, 4) is 5.75 Å².